The molecule has 0 saturated heterocycles. The summed E-state index contributed by atoms with van der Waals surface area (Å²) in [5.74, 6) is 0.961. The van der Waals surface area contributed by atoms with E-state index in [0.717, 1.165) is 12.5 Å². The van der Waals surface area contributed by atoms with Crippen LogP contribution in [0, 0.1) is 12.8 Å². The van der Waals surface area contributed by atoms with Crippen LogP contribution in [0.5, 0.6) is 0 Å². The molecule has 2 rings (SSSR count). The molecule has 1 aromatic carbocycles. The van der Waals surface area contributed by atoms with Gasteiger partial charge in [-0.2, -0.15) is 0 Å². The summed E-state index contributed by atoms with van der Waals surface area (Å²) in [5.41, 5.74) is 2.77. The van der Waals surface area contributed by atoms with Crippen molar-refractivity contribution in [1.82, 2.24) is 5.32 Å². The lowest BCUT2D eigenvalue weighted by molar-refractivity contribution is 0.486. The molecule has 1 atom stereocenters. The summed E-state index contributed by atoms with van der Waals surface area (Å²) >= 11 is 3.59. The molecule has 2 heteroatoms. The molecule has 0 aromatic heterocycles. The van der Waals surface area contributed by atoms with Crippen LogP contribution in [0.1, 0.15) is 43.4 Å². The predicted octanol–water partition coefficient (Wildman–Crippen LogP) is 4.21. The highest BCUT2D eigenvalue weighted by Gasteiger charge is 2.25. The topological polar surface area (TPSA) is 12.0 Å². The van der Waals surface area contributed by atoms with Gasteiger partial charge in [-0.1, -0.05) is 41.8 Å². The minimum atomic E-state index is 0.536. The van der Waals surface area contributed by atoms with E-state index >= 15 is 0 Å². The fraction of sp³-hybridized carbons (Fsp3) is 0.571. The zero-order valence-electron chi connectivity index (χ0n) is 10.1. The molecule has 0 heterocycles. The SMILES string of the molecule is CCNC(CC1CC1)c1cc(C)cc(Br)c1. The van der Waals surface area contributed by atoms with Crippen molar-refractivity contribution in [2.75, 3.05) is 6.54 Å². The number of halogens is 1. The molecule has 0 aliphatic heterocycles. The minimum Gasteiger partial charge on any atom is -0.310 e. The Kier molecular flexibility index (Phi) is 4.04. The van der Waals surface area contributed by atoms with Gasteiger partial charge in [-0.15, -0.1) is 0 Å². The Morgan fingerprint density at radius 3 is 2.69 bits per heavy atom. The van der Waals surface area contributed by atoms with Crippen molar-refractivity contribution in [3.63, 3.8) is 0 Å². The van der Waals surface area contributed by atoms with Crippen molar-refractivity contribution < 1.29 is 0 Å². The van der Waals surface area contributed by atoms with Gasteiger partial charge in [0.2, 0.25) is 0 Å². The van der Waals surface area contributed by atoms with Crippen molar-refractivity contribution in [1.29, 1.82) is 0 Å². The summed E-state index contributed by atoms with van der Waals surface area (Å²) < 4.78 is 1.20. The highest BCUT2D eigenvalue weighted by Crippen LogP contribution is 2.38. The van der Waals surface area contributed by atoms with Gasteiger partial charge in [-0.25, -0.2) is 0 Å². The quantitative estimate of drug-likeness (QED) is 0.853. The maximum absolute atomic E-state index is 3.60. The van der Waals surface area contributed by atoms with Crippen LogP contribution in [0.4, 0.5) is 0 Å². The van der Waals surface area contributed by atoms with Gasteiger partial charge in [0.25, 0.3) is 0 Å². The number of aryl methyl sites for hydroxylation is 1. The van der Waals surface area contributed by atoms with Crippen LogP contribution in [0.15, 0.2) is 22.7 Å². The van der Waals surface area contributed by atoms with Crippen LogP contribution in [0.2, 0.25) is 0 Å². The summed E-state index contributed by atoms with van der Waals surface area (Å²) in [7, 11) is 0. The molecule has 0 spiro atoms. The first-order chi connectivity index (χ1) is 7.69. The van der Waals surface area contributed by atoms with Gasteiger partial charge in [0.15, 0.2) is 0 Å². The molecule has 16 heavy (non-hydrogen) atoms. The van der Waals surface area contributed by atoms with E-state index in [2.05, 4.69) is 53.3 Å². The second kappa shape index (κ2) is 5.33. The molecule has 1 unspecified atom stereocenters. The first kappa shape index (κ1) is 12.1. The van der Waals surface area contributed by atoms with Gasteiger partial charge < -0.3 is 5.32 Å². The molecule has 1 N–H and O–H groups in total. The Labute approximate surface area is 107 Å². The average molecular weight is 282 g/mol. The van der Waals surface area contributed by atoms with E-state index in [-0.39, 0.29) is 0 Å². The largest absolute Gasteiger partial charge is 0.310 e. The number of rotatable bonds is 5. The smallest absolute Gasteiger partial charge is 0.0323 e. The van der Waals surface area contributed by atoms with Crippen LogP contribution in [0.25, 0.3) is 0 Å². The first-order valence-corrected chi connectivity index (χ1v) is 6.99. The fourth-order valence-electron chi connectivity index (χ4n) is 2.24. The van der Waals surface area contributed by atoms with Crippen LogP contribution < -0.4 is 5.32 Å². The molecule has 0 amide bonds. The Morgan fingerprint density at radius 1 is 1.38 bits per heavy atom. The highest BCUT2D eigenvalue weighted by atomic mass is 79.9. The van der Waals surface area contributed by atoms with E-state index < -0.39 is 0 Å². The summed E-state index contributed by atoms with van der Waals surface area (Å²) in [5, 5.41) is 3.60. The van der Waals surface area contributed by atoms with Gasteiger partial charge in [0.1, 0.15) is 0 Å². The van der Waals surface area contributed by atoms with Gasteiger partial charge in [0.05, 0.1) is 0 Å². The monoisotopic (exact) mass is 281 g/mol. The van der Waals surface area contributed by atoms with Crippen LogP contribution >= 0.6 is 15.9 Å². The molecule has 1 fully saturated rings. The van der Waals surface area contributed by atoms with E-state index in [1.807, 2.05) is 0 Å². The molecule has 0 radical (unpaired) electrons. The third-order valence-corrected chi connectivity index (χ3v) is 3.64. The van der Waals surface area contributed by atoms with Crippen molar-refractivity contribution in [3.8, 4) is 0 Å². The molecule has 88 valence electrons. The van der Waals surface area contributed by atoms with Crippen LogP contribution in [-0.4, -0.2) is 6.54 Å². The zero-order chi connectivity index (χ0) is 11.5. The van der Waals surface area contributed by atoms with Crippen molar-refractivity contribution >= 4 is 15.9 Å². The maximum atomic E-state index is 3.60. The zero-order valence-corrected chi connectivity index (χ0v) is 11.7. The lowest BCUT2D eigenvalue weighted by atomic mass is 9.99. The Bertz CT molecular complexity index is 338. The van der Waals surface area contributed by atoms with Crippen molar-refractivity contribution in [3.05, 3.63) is 33.8 Å². The summed E-state index contributed by atoms with van der Waals surface area (Å²) in [6.45, 7) is 5.39. The third-order valence-electron chi connectivity index (χ3n) is 3.18. The van der Waals surface area contributed by atoms with E-state index in [0.29, 0.717) is 6.04 Å². The second-order valence-electron chi connectivity index (χ2n) is 4.85. The van der Waals surface area contributed by atoms with Gasteiger partial charge in [0, 0.05) is 10.5 Å². The number of benzene rings is 1. The maximum Gasteiger partial charge on any atom is 0.0323 e. The van der Waals surface area contributed by atoms with Crippen LogP contribution in [-0.2, 0) is 0 Å². The number of hydrogen-bond donors (Lipinski definition) is 1. The third kappa shape index (κ3) is 3.33. The molecular formula is C14H20BrN. The summed E-state index contributed by atoms with van der Waals surface area (Å²) in [6, 6.07) is 7.26. The normalized spacial score (nSPS) is 17.4. The first-order valence-electron chi connectivity index (χ1n) is 6.19. The molecular weight excluding hydrogens is 262 g/mol. The Balaban J connectivity index is 2.15. The Hall–Kier alpha value is -0.340. The van der Waals surface area contributed by atoms with Gasteiger partial charge >= 0.3 is 0 Å². The molecule has 1 aromatic rings. The lowest BCUT2D eigenvalue weighted by Crippen LogP contribution is -2.21. The van der Waals surface area contributed by atoms with Gasteiger partial charge in [-0.3, -0.25) is 0 Å². The molecule has 1 aliphatic carbocycles. The van der Waals surface area contributed by atoms with E-state index in [1.165, 1.54) is 34.9 Å². The van der Waals surface area contributed by atoms with E-state index in [9.17, 15) is 0 Å². The second-order valence-corrected chi connectivity index (χ2v) is 5.77. The van der Waals surface area contributed by atoms with Gasteiger partial charge in [-0.05, 0) is 49.1 Å². The predicted molar refractivity (Wildman–Crippen MR) is 72.6 cm³/mol. The lowest BCUT2D eigenvalue weighted by Gasteiger charge is -2.19. The molecule has 1 saturated carbocycles. The fourth-order valence-corrected chi connectivity index (χ4v) is 2.86. The number of nitrogens with one attached hydrogen (secondary N) is 1. The minimum absolute atomic E-state index is 0.536. The summed E-state index contributed by atoms with van der Waals surface area (Å²) in [6.07, 6.45) is 4.15. The molecule has 0 bridgehead atoms. The molecule has 1 aliphatic rings. The van der Waals surface area contributed by atoms with Crippen molar-refractivity contribution in [2.45, 2.75) is 39.2 Å². The standard InChI is InChI=1S/C14H20BrN/c1-3-16-14(8-11-4-5-11)12-6-10(2)7-13(15)9-12/h6-7,9,11,14,16H,3-5,8H2,1-2H3. The van der Waals surface area contributed by atoms with Crippen LogP contribution in [0.3, 0.4) is 0 Å². The highest BCUT2D eigenvalue weighted by molar-refractivity contribution is 9.10. The average Bonchev–Trinajstić information content (AvgIpc) is 2.99. The summed E-state index contributed by atoms with van der Waals surface area (Å²) in [4.78, 5) is 0. The Morgan fingerprint density at radius 2 is 2.12 bits per heavy atom. The van der Waals surface area contributed by atoms with E-state index in [1.54, 1.807) is 0 Å². The number of hydrogen-bond acceptors (Lipinski definition) is 1. The van der Waals surface area contributed by atoms with Crippen molar-refractivity contribution in [2.24, 2.45) is 5.92 Å². The molecule has 1 nitrogen and oxygen atoms in total. The van der Waals surface area contributed by atoms with E-state index in [4.69, 9.17) is 0 Å².